The molecule has 1 N–H and O–H groups in total. The Morgan fingerprint density at radius 1 is 1.50 bits per heavy atom. The maximum atomic E-state index is 3.54. The number of hydrogen-bond acceptors (Lipinski definition) is 2. The zero-order valence-corrected chi connectivity index (χ0v) is 10.6. The lowest BCUT2D eigenvalue weighted by Gasteiger charge is -2.16. The Morgan fingerprint density at radius 3 is 3.14 bits per heavy atom. The summed E-state index contributed by atoms with van der Waals surface area (Å²) in [5.74, 6) is 1.24. The largest absolute Gasteiger partial charge is 0.313 e. The van der Waals surface area contributed by atoms with Crippen molar-refractivity contribution in [1.29, 1.82) is 0 Å². The minimum atomic E-state index is 0.525. The van der Waals surface area contributed by atoms with E-state index in [0.717, 1.165) is 0 Å². The number of rotatable bonds is 1. The lowest BCUT2D eigenvalue weighted by atomic mass is 10.0. The summed E-state index contributed by atoms with van der Waals surface area (Å²) in [5.41, 5.74) is 1.45. The summed E-state index contributed by atoms with van der Waals surface area (Å²) in [5, 5.41) is 3.39. The minimum Gasteiger partial charge on any atom is -0.313 e. The van der Waals surface area contributed by atoms with Crippen LogP contribution in [0.15, 0.2) is 27.6 Å². The third kappa shape index (κ3) is 2.15. The fourth-order valence-electron chi connectivity index (χ4n) is 1.85. The molecule has 2 rings (SSSR count). The minimum absolute atomic E-state index is 0.525. The topological polar surface area (TPSA) is 12.0 Å². The Kier molecular flexibility index (Phi) is 3.52. The van der Waals surface area contributed by atoms with E-state index in [1.54, 1.807) is 0 Å². The molecule has 1 aromatic rings. The molecule has 14 heavy (non-hydrogen) atoms. The van der Waals surface area contributed by atoms with Crippen LogP contribution < -0.4 is 5.32 Å². The maximum absolute atomic E-state index is 3.54. The maximum Gasteiger partial charge on any atom is 0.0329 e. The fourth-order valence-corrected chi connectivity index (χ4v) is 3.29. The Hall–Kier alpha value is 0.01000. The number of nitrogens with one attached hydrogen (secondary N) is 1. The molecular formula is C11H14BrNS. The van der Waals surface area contributed by atoms with Gasteiger partial charge in [0.05, 0.1) is 0 Å². The van der Waals surface area contributed by atoms with Gasteiger partial charge in [0.2, 0.25) is 0 Å². The first-order valence-electron chi connectivity index (χ1n) is 4.91. The van der Waals surface area contributed by atoms with Gasteiger partial charge < -0.3 is 5.32 Å². The standard InChI is InChI=1S/C11H14BrNS/c1-13-10-3-2-6-14-11-5-4-8(12)7-9(10)11/h4-5,7,10,13H,2-3,6H2,1H3. The summed E-state index contributed by atoms with van der Waals surface area (Å²) in [4.78, 5) is 1.44. The summed E-state index contributed by atoms with van der Waals surface area (Å²) in [6, 6.07) is 7.12. The van der Waals surface area contributed by atoms with E-state index in [1.807, 2.05) is 18.8 Å². The highest BCUT2D eigenvalue weighted by molar-refractivity contribution is 9.10. The van der Waals surface area contributed by atoms with Crippen molar-refractivity contribution in [2.45, 2.75) is 23.8 Å². The molecule has 1 heterocycles. The Morgan fingerprint density at radius 2 is 2.36 bits per heavy atom. The summed E-state index contributed by atoms with van der Waals surface area (Å²) in [6.45, 7) is 0. The van der Waals surface area contributed by atoms with Crippen molar-refractivity contribution in [1.82, 2.24) is 5.32 Å². The zero-order valence-electron chi connectivity index (χ0n) is 8.22. The summed E-state index contributed by atoms with van der Waals surface area (Å²) in [7, 11) is 2.05. The highest BCUT2D eigenvalue weighted by Crippen LogP contribution is 2.35. The van der Waals surface area contributed by atoms with Gasteiger partial charge in [0, 0.05) is 15.4 Å². The molecule has 0 fully saturated rings. The van der Waals surface area contributed by atoms with E-state index in [4.69, 9.17) is 0 Å². The van der Waals surface area contributed by atoms with Gasteiger partial charge >= 0.3 is 0 Å². The molecule has 1 aliphatic rings. The predicted octanol–water partition coefficient (Wildman–Crippen LogP) is 3.60. The molecular weight excluding hydrogens is 258 g/mol. The van der Waals surface area contributed by atoms with Crippen molar-refractivity contribution in [3.63, 3.8) is 0 Å². The third-order valence-electron chi connectivity index (χ3n) is 2.59. The van der Waals surface area contributed by atoms with Gasteiger partial charge in [-0.2, -0.15) is 0 Å². The van der Waals surface area contributed by atoms with Gasteiger partial charge in [-0.3, -0.25) is 0 Å². The molecule has 0 radical (unpaired) electrons. The van der Waals surface area contributed by atoms with Crippen LogP contribution in [0.4, 0.5) is 0 Å². The fraction of sp³-hybridized carbons (Fsp3) is 0.455. The van der Waals surface area contributed by atoms with Gasteiger partial charge in [0.25, 0.3) is 0 Å². The van der Waals surface area contributed by atoms with Crippen LogP contribution in [0.5, 0.6) is 0 Å². The number of hydrogen-bond donors (Lipinski definition) is 1. The number of fused-ring (bicyclic) bond motifs is 1. The van der Waals surface area contributed by atoms with E-state index in [-0.39, 0.29) is 0 Å². The van der Waals surface area contributed by atoms with Crippen LogP contribution in [0.3, 0.4) is 0 Å². The molecule has 1 aromatic carbocycles. The molecule has 0 saturated carbocycles. The average Bonchev–Trinajstić information content (AvgIpc) is 2.39. The van der Waals surface area contributed by atoms with Crippen LogP contribution in [0.25, 0.3) is 0 Å². The smallest absolute Gasteiger partial charge is 0.0329 e. The van der Waals surface area contributed by atoms with Crippen molar-refractivity contribution >= 4 is 27.7 Å². The first-order valence-corrected chi connectivity index (χ1v) is 6.68. The predicted molar refractivity (Wildman–Crippen MR) is 65.9 cm³/mol. The van der Waals surface area contributed by atoms with Crippen molar-refractivity contribution in [3.05, 3.63) is 28.2 Å². The van der Waals surface area contributed by atoms with Gasteiger partial charge in [-0.25, -0.2) is 0 Å². The first kappa shape index (κ1) is 10.5. The lowest BCUT2D eigenvalue weighted by molar-refractivity contribution is 0.541. The first-order chi connectivity index (χ1) is 6.81. The van der Waals surface area contributed by atoms with E-state index in [1.165, 1.54) is 33.5 Å². The van der Waals surface area contributed by atoms with E-state index in [0.29, 0.717) is 6.04 Å². The second-order valence-electron chi connectivity index (χ2n) is 3.51. The van der Waals surface area contributed by atoms with Crippen molar-refractivity contribution in [2.24, 2.45) is 0 Å². The molecule has 0 bridgehead atoms. The molecule has 0 aliphatic carbocycles. The lowest BCUT2D eigenvalue weighted by Crippen LogP contribution is -2.16. The molecule has 0 amide bonds. The van der Waals surface area contributed by atoms with E-state index in [9.17, 15) is 0 Å². The Bertz CT molecular complexity index is 327. The third-order valence-corrected chi connectivity index (χ3v) is 4.26. The molecule has 0 saturated heterocycles. The number of thioether (sulfide) groups is 1. The van der Waals surface area contributed by atoms with Crippen molar-refractivity contribution < 1.29 is 0 Å². The molecule has 1 unspecified atom stereocenters. The highest BCUT2D eigenvalue weighted by Gasteiger charge is 2.17. The van der Waals surface area contributed by atoms with Gasteiger partial charge in [0.1, 0.15) is 0 Å². The summed E-state index contributed by atoms with van der Waals surface area (Å²) < 4.78 is 1.18. The van der Waals surface area contributed by atoms with Crippen LogP contribution in [-0.2, 0) is 0 Å². The van der Waals surface area contributed by atoms with Gasteiger partial charge in [-0.15, -0.1) is 11.8 Å². The van der Waals surface area contributed by atoms with Crippen LogP contribution in [-0.4, -0.2) is 12.8 Å². The summed E-state index contributed by atoms with van der Waals surface area (Å²) in [6.07, 6.45) is 2.54. The normalized spacial score (nSPS) is 21.4. The van der Waals surface area contributed by atoms with E-state index < -0.39 is 0 Å². The quantitative estimate of drug-likeness (QED) is 0.838. The van der Waals surface area contributed by atoms with Gasteiger partial charge in [0.15, 0.2) is 0 Å². The monoisotopic (exact) mass is 271 g/mol. The molecule has 1 nitrogen and oxygen atoms in total. The Labute approximate surface area is 97.8 Å². The van der Waals surface area contributed by atoms with Gasteiger partial charge in [-0.05, 0) is 49.4 Å². The van der Waals surface area contributed by atoms with Crippen LogP contribution in [0, 0.1) is 0 Å². The highest BCUT2D eigenvalue weighted by atomic mass is 79.9. The molecule has 3 heteroatoms. The zero-order chi connectivity index (χ0) is 9.97. The number of halogens is 1. The van der Waals surface area contributed by atoms with Gasteiger partial charge in [-0.1, -0.05) is 15.9 Å². The van der Waals surface area contributed by atoms with E-state index in [2.05, 4.69) is 39.4 Å². The molecule has 1 atom stereocenters. The molecule has 1 aliphatic heterocycles. The summed E-state index contributed by atoms with van der Waals surface area (Å²) >= 11 is 5.51. The second kappa shape index (κ2) is 4.69. The van der Waals surface area contributed by atoms with Crippen molar-refractivity contribution in [3.8, 4) is 0 Å². The SMILES string of the molecule is CNC1CCCSc2ccc(Br)cc21. The molecule has 0 spiro atoms. The van der Waals surface area contributed by atoms with Crippen LogP contribution >= 0.6 is 27.7 Å². The van der Waals surface area contributed by atoms with Crippen LogP contribution in [0.2, 0.25) is 0 Å². The number of benzene rings is 1. The molecule has 0 aromatic heterocycles. The second-order valence-corrected chi connectivity index (χ2v) is 5.57. The van der Waals surface area contributed by atoms with E-state index >= 15 is 0 Å². The molecule has 76 valence electrons. The Balaban J connectivity index is 2.40. The van der Waals surface area contributed by atoms with Crippen LogP contribution in [0.1, 0.15) is 24.4 Å². The average molecular weight is 272 g/mol. The van der Waals surface area contributed by atoms with Crippen molar-refractivity contribution in [2.75, 3.05) is 12.8 Å².